The van der Waals surface area contributed by atoms with Gasteiger partial charge in [0.1, 0.15) is 26.4 Å². The van der Waals surface area contributed by atoms with Crippen LogP contribution in [0.2, 0.25) is 0 Å². The van der Waals surface area contributed by atoms with Gasteiger partial charge in [-0.1, -0.05) is 73.4 Å². The quantitative estimate of drug-likeness (QED) is 0.0288. The second kappa shape index (κ2) is 47.8. The summed E-state index contributed by atoms with van der Waals surface area (Å²) in [4.78, 5) is 143. The van der Waals surface area contributed by atoms with Gasteiger partial charge in [-0.2, -0.15) is 0 Å². The van der Waals surface area contributed by atoms with Crippen LogP contribution in [0, 0.1) is 5.41 Å². The van der Waals surface area contributed by atoms with Crippen LogP contribution in [0.1, 0.15) is 51.4 Å². The summed E-state index contributed by atoms with van der Waals surface area (Å²) in [6, 6.07) is 0. The van der Waals surface area contributed by atoms with E-state index in [9.17, 15) is 57.5 Å². The van der Waals surface area contributed by atoms with Gasteiger partial charge in [0.15, 0.2) is 23.1 Å². The summed E-state index contributed by atoms with van der Waals surface area (Å²) in [5, 5.41) is 8.55. The van der Waals surface area contributed by atoms with Gasteiger partial charge in [-0.3, -0.25) is 57.5 Å². The molecule has 0 heterocycles. The maximum Gasteiger partial charge on any atom is 0.306 e. The van der Waals surface area contributed by atoms with Crippen molar-refractivity contribution in [3.63, 3.8) is 0 Å². The molecular formula is C49H72N4O20S4. The lowest BCUT2D eigenvalue weighted by molar-refractivity contribution is -0.151. The molecule has 0 aromatic heterocycles. The average Bonchev–Trinajstić information content (AvgIpc) is 3.40. The molecule has 77 heavy (non-hydrogen) atoms. The zero-order valence-electron chi connectivity index (χ0n) is 43.2. The number of hydrogen-bond donors (Lipinski definition) is 4. The summed E-state index contributed by atoms with van der Waals surface area (Å²) in [5.41, 5.74) is -1.15. The first-order valence-electron chi connectivity index (χ1n) is 24.1. The van der Waals surface area contributed by atoms with E-state index in [0.29, 0.717) is 0 Å². The number of carbonyl (C=O) groups is 12. The molecule has 0 aliphatic carbocycles. The van der Waals surface area contributed by atoms with E-state index in [-0.39, 0.29) is 203 Å². The van der Waals surface area contributed by atoms with Crippen molar-refractivity contribution in [1.29, 1.82) is 0 Å². The minimum Gasteiger partial charge on any atom is -0.463 e. The summed E-state index contributed by atoms with van der Waals surface area (Å²) in [7, 11) is 0. The average molecular weight is 1170 g/mol. The fourth-order valence-electron chi connectivity index (χ4n) is 5.22. The number of hydrogen-bond acceptors (Lipinski definition) is 24. The van der Waals surface area contributed by atoms with Crippen molar-refractivity contribution in [2.75, 3.05) is 128 Å². The lowest BCUT2D eigenvalue weighted by Crippen LogP contribution is -2.43. The topological polar surface area (TPSA) is 327 Å². The molecule has 4 N–H and O–H groups in total. The Morgan fingerprint density at radius 3 is 0.727 bits per heavy atom. The van der Waals surface area contributed by atoms with Crippen LogP contribution in [0.5, 0.6) is 0 Å². The number of rotatable bonds is 48. The molecule has 0 saturated heterocycles. The first kappa shape index (κ1) is 71.6. The van der Waals surface area contributed by atoms with Crippen LogP contribution in [-0.4, -0.2) is 196 Å². The molecule has 0 fully saturated rings. The highest BCUT2D eigenvalue weighted by atomic mass is 32.2. The highest BCUT2D eigenvalue weighted by molar-refractivity contribution is 8.14. The summed E-state index contributed by atoms with van der Waals surface area (Å²) in [6.45, 7) is 12.2. The zero-order valence-corrected chi connectivity index (χ0v) is 46.5. The van der Waals surface area contributed by atoms with Crippen molar-refractivity contribution in [2.45, 2.75) is 51.4 Å². The van der Waals surface area contributed by atoms with Crippen LogP contribution in [0.15, 0.2) is 50.6 Å². The van der Waals surface area contributed by atoms with Crippen LogP contribution in [0.3, 0.4) is 0 Å². The van der Waals surface area contributed by atoms with E-state index in [0.717, 1.165) is 71.4 Å². The molecule has 0 aliphatic rings. The molecule has 4 amide bonds. The third-order valence-corrected chi connectivity index (χ3v) is 12.5. The highest BCUT2D eigenvalue weighted by Gasteiger charge is 2.33. The molecule has 0 aromatic rings. The van der Waals surface area contributed by atoms with Gasteiger partial charge in [-0.25, -0.2) is 0 Å². The summed E-state index contributed by atoms with van der Waals surface area (Å²) in [5.74, 6) is -2.86. The Morgan fingerprint density at radius 2 is 0.532 bits per heavy atom. The molecule has 0 radical (unpaired) electrons. The molecule has 0 aromatic carbocycles. The fourth-order valence-corrected chi connectivity index (χ4v) is 7.86. The molecule has 0 saturated carbocycles. The Hall–Kier alpha value is -5.36. The summed E-state index contributed by atoms with van der Waals surface area (Å²) >= 11 is 3.40. The molecule has 24 nitrogen and oxygen atoms in total. The van der Waals surface area contributed by atoms with Gasteiger partial charge in [0.25, 0.3) is 21.0 Å². The van der Waals surface area contributed by atoms with Gasteiger partial charge in [0.2, 0.25) is 0 Å². The predicted molar refractivity (Wildman–Crippen MR) is 291 cm³/mol. The van der Waals surface area contributed by atoms with Crippen molar-refractivity contribution in [3.05, 3.63) is 50.6 Å². The zero-order chi connectivity index (χ0) is 57.4. The van der Waals surface area contributed by atoms with Crippen molar-refractivity contribution < 1.29 is 95.4 Å². The molecule has 0 unspecified atom stereocenters. The van der Waals surface area contributed by atoms with Crippen molar-refractivity contribution >= 4 is 115 Å². The Kier molecular flexibility index (Phi) is 44.5. The van der Waals surface area contributed by atoms with Gasteiger partial charge in [0.05, 0.1) is 84.0 Å². The van der Waals surface area contributed by atoms with Crippen molar-refractivity contribution in [2.24, 2.45) is 5.41 Å². The minimum atomic E-state index is -1.15. The molecule has 0 bridgehead atoms. The smallest absolute Gasteiger partial charge is 0.306 e. The standard InChI is InChI=1S/C49H72N4O20S4/c1-5-37(54)9-17-50-45(62)74-29-13-41(58)70-25-21-66-33-49(34-67-22-26-71-42(59)14-30-75-46(63)51-18-10-38(55)6-2,35-68-23-27-72-43(60)15-31-76-47(64)52-19-11-39(56)7-3)36-69-24-28-73-44(61)16-32-77-48(65)53-20-12-40(57)8-4/h5-8H,1-4,9-36H2,(H,50,62)(H,51,63)(H,52,64)(H,53,65). The van der Waals surface area contributed by atoms with Crippen LogP contribution in [0.4, 0.5) is 19.2 Å². The molecule has 0 rings (SSSR count). The molecule has 432 valence electrons. The normalized spacial score (nSPS) is 10.7. The number of ether oxygens (including phenoxy) is 8. The number of esters is 4. The van der Waals surface area contributed by atoms with Gasteiger partial charge >= 0.3 is 23.9 Å². The Balaban J connectivity index is 5.64. The summed E-state index contributed by atoms with van der Waals surface area (Å²) < 4.78 is 44.7. The fraction of sp³-hybridized carbons (Fsp3) is 0.592. The minimum absolute atomic E-state index is 0.0955. The van der Waals surface area contributed by atoms with Crippen molar-refractivity contribution in [1.82, 2.24) is 21.3 Å². The van der Waals surface area contributed by atoms with Gasteiger partial charge in [-0.05, 0) is 24.3 Å². The molecule has 28 heteroatoms. The van der Waals surface area contributed by atoms with E-state index in [1.807, 2.05) is 0 Å². The van der Waals surface area contributed by atoms with Crippen LogP contribution < -0.4 is 21.3 Å². The largest absolute Gasteiger partial charge is 0.463 e. The van der Waals surface area contributed by atoms with E-state index >= 15 is 0 Å². The number of thioether (sulfide) groups is 4. The number of allylic oxidation sites excluding steroid dienone is 4. The molecule has 0 atom stereocenters. The summed E-state index contributed by atoms with van der Waals surface area (Å²) in [6.07, 6.45) is 4.61. The molecule has 0 aliphatic heterocycles. The first-order chi connectivity index (χ1) is 37.0. The number of amides is 4. The van der Waals surface area contributed by atoms with E-state index in [4.69, 9.17) is 37.9 Å². The van der Waals surface area contributed by atoms with Crippen molar-refractivity contribution in [3.8, 4) is 0 Å². The van der Waals surface area contributed by atoms with Gasteiger partial charge < -0.3 is 59.2 Å². The molecule has 0 spiro atoms. The maximum atomic E-state index is 12.4. The van der Waals surface area contributed by atoms with Crippen LogP contribution in [0.25, 0.3) is 0 Å². The van der Waals surface area contributed by atoms with E-state index in [1.54, 1.807) is 0 Å². The second-order valence-electron chi connectivity index (χ2n) is 15.5. The third kappa shape index (κ3) is 44.3. The SMILES string of the molecule is C=CC(=O)CCNC(=O)SCCC(=O)OCCOCC(COCCOC(=O)CCSC(=O)NCCC(=O)C=C)(COCCOC(=O)CCSC(=O)NCCC(=O)C=C)COCCOC(=O)CCSC(=O)NCCC(=O)C=C. The van der Waals surface area contributed by atoms with Crippen LogP contribution >= 0.6 is 47.0 Å². The Morgan fingerprint density at radius 1 is 0.325 bits per heavy atom. The van der Waals surface area contributed by atoms with Gasteiger partial charge in [0, 0.05) is 74.9 Å². The van der Waals surface area contributed by atoms with Gasteiger partial charge in [-0.15, -0.1) is 0 Å². The Bertz CT molecular complexity index is 1670. The number of nitrogens with one attached hydrogen (secondary N) is 4. The highest BCUT2D eigenvalue weighted by Crippen LogP contribution is 2.21. The van der Waals surface area contributed by atoms with E-state index < -0.39 is 50.2 Å². The monoisotopic (exact) mass is 1160 g/mol. The van der Waals surface area contributed by atoms with E-state index in [1.165, 1.54) is 0 Å². The molecular weight excluding hydrogens is 1090 g/mol. The Labute approximate surface area is 465 Å². The van der Waals surface area contributed by atoms with Crippen LogP contribution in [-0.2, 0) is 76.3 Å². The number of ketones is 4. The third-order valence-electron chi connectivity index (χ3n) is 9.23. The lowest BCUT2D eigenvalue weighted by Gasteiger charge is -2.33. The van der Waals surface area contributed by atoms with E-state index in [2.05, 4.69) is 47.6 Å². The first-order valence-corrected chi connectivity index (χ1v) is 28.1. The number of carbonyl (C=O) groups excluding carboxylic acids is 12. The maximum absolute atomic E-state index is 12.4. The predicted octanol–water partition coefficient (Wildman–Crippen LogP) is 4.12. The second-order valence-corrected chi connectivity index (χ2v) is 19.8. The lowest BCUT2D eigenvalue weighted by atomic mass is 9.92.